The molecule has 0 aliphatic heterocycles. The van der Waals surface area contributed by atoms with Gasteiger partial charge in [0.25, 0.3) is 0 Å². The highest BCUT2D eigenvalue weighted by molar-refractivity contribution is 5.91. The second-order valence-electron chi connectivity index (χ2n) is 4.27. The van der Waals surface area contributed by atoms with Gasteiger partial charge in [0, 0.05) is 17.7 Å². The number of carbonyl (C=O) groups is 1. The summed E-state index contributed by atoms with van der Waals surface area (Å²) in [5.41, 5.74) is 1.47. The number of aliphatic hydroxyl groups excluding tert-OH is 1. The molecule has 3 heteroatoms. The first kappa shape index (κ1) is 13.7. The fourth-order valence-electron chi connectivity index (χ4n) is 1.72. The van der Waals surface area contributed by atoms with Crippen molar-refractivity contribution in [3.8, 4) is 0 Å². The minimum atomic E-state index is -0.567. The van der Waals surface area contributed by atoms with Gasteiger partial charge in [-0.2, -0.15) is 0 Å². The molecule has 0 spiro atoms. The number of aliphatic hydroxyl groups is 1. The minimum Gasteiger partial charge on any atom is -0.389 e. The van der Waals surface area contributed by atoms with Crippen LogP contribution >= 0.6 is 0 Å². The number of para-hydroxylation sites is 1. The number of benzene rings is 1. The molecule has 0 heterocycles. The monoisotopic (exact) mass is 235 g/mol. The molecule has 1 unspecified atom stereocenters. The predicted molar refractivity (Wildman–Crippen MR) is 69.8 cm³/mol. The van der Waals surface area contributed by atoms with Crippen molar-refractivity contribution in [2.45, 2.75) is 45.6 Å². The van der Waals surface area contributed by atoms with Gasteiger partial charge in [0.05, 0.1) is 6.10 Å². The van der Waals surface area contributed by atoms with Crippen molar-refractivity contribution in [3.63, 3.8) is 0 Å². The maximum absolute atomic E-state index is 11.7. The number of nitrogens with one attached hydrogen (secondary N) is 1. The molecule has 17 heavy (non-hydrogen) atoms. The SMILES string of the molecule is CCCCCC(=O)Nc1ccccc1C(C)O. The van der Waals surface area contributed by atoms with Gasteiger partial charge in [-0.15, -0.1) is 0 Å². The first-order valence-electron chi connectivity index (χ1n) is 6.22. The van der Waals surface area contributed by atoms with Gasteiger partial charge in [-0.25, -0.2) is 0 Å². The number of rotatable bonds is 6. The number of carbonyl (C=O) groups excluding carboxylic acids is 1. The molecule has 1 aromatic carbocycles. The van der Waals surface area contributed by atoms with E-state index in [0.29, 0.717) is 12.1 Å². The van der Waals surface area contributed by atoms with E-state index in [-0.39, 0.29) is 5.91 Å². The zero-order chi connectivity index (χ0) is 12.7. The second-order valence-corrected chi connectivity index (χ2v) is 4.27. The molecule has 94 valence electrons. The van der Waals surface area contributed by atoms with Gasteiger partial charge in [-0.1, -0.05) is 38.0 Å². The van der Waals surface area contributed by atoms with E-state index in [1.165, 1.54) is 0 Å². The Labute approximate surface area is 103 Å². The van der Waals surface area contributed by atoms with E-state index in [1.807, 2.05) is 24.3 Å². The van der Waals surface area contributed by atoms with Crippen LogP contribution in [-0.4, -0.2) is 11.0 Å². The molecule has 0 saturated heterocycles. The van der Waals surface area contributed by atoms with Crippen molar-refractivity contribution in [2.75, 3.05) is 5.32 Å². The quantitative estimate of drug-likeness (QED) is 0.743. The Balaban J connectivity index is 2.58. The normalized spacial score (nSPS) is 12.2. The van der Waals surface area contributed by atoms with Gasteiger partial charge in [0.1, 0.15) is 0 Å². The van der Waals surface area contributed by atoms with Gasteiger partial charge in [-0.05, 0) is 19.4 Å². The number of anilines is 1. The lowest BCUT2D eigenvalue weighted by molar-refractivity contribution is -0.116. The molecule has 0 radical (unpaired) electrons. The summed E-state index contributed by atoms with van der Waals surface area (Å²) in [4.78, 5) is 11.7. The Morgan fingerprint density at radius 1 is 1.35 bits per heavy atom. The lowest BCUT2D eigenvalue weighted by Gasteiger charge is -2.12. The van der Waals surface area contributed by atoms with Crippen LogP contribution in [0.5, 0.6) is 0 Å². The van der Waals surface area contributed by atoms with Crippen molar-refractivity contribution in [1.29, 1.82) is 0 Å². The van der Waals surface area contributed by atoms with E-state index in [2.05, 4.69) is 12.2 Å². The van der Waals surface area contributed by atoms with Crippen molar-refractivity contribution in [3.05, 3.63) is 29.8 Å². The van der Waals surface area contributed by atoms with Crippen molar-refractivity contribution in [1.82, 2.24) is 0 Å². The van der Waals surface area contributed by atoms with Crippen molar-refractivity contribution < 1.29 is 9.90 Å². The molecule has 3 nitrogen and oxygen atoms in total. The van der Waals surface area contributed by atoms with E-state index >= 15 is 0 Å². The first-order valence-corrected chi connectivity index (χ1v) is 6.22. The Morgan fingerprint density at radius 3 is 2.71 bits per heavy atom. The standard InChI is InChI=1S/C14H21NO2/c1-3-4-5-10-14(17)15-13-9-7-6-8-12(13)11(2)16/h6-9,11,16H,3-5,10H2,1-2H3,(H,15,17). The van der Waals surface area contributed by atoms with Gasteiger partial charge >= 0.3 is 0 Å². The Morgan fingerprint density at radius 2 is 2.06 bits per heavy atom. The molecular weight excluding hydrogens is 214 g/mol. The molecule has 0 bridgehead atoms. The highest BCUT2D eigenvalue weighted by Crippen LogP contribution is 2.22. The van der Waals surface area contributed by atoms with Crippen LogP contribution in [0, 0.1) is 0 Å². The molecule has 1 rings (SSSR count). The van der Waals surface area contributed by atoms with Gasteiger partial charge in [0.2, 0.25) is 5.91 Å². The zero-order valence-corrected chi connectivity index (χ0v) is 10.6. The van der Waals surface area contributed by atoms with Crippen LogP contribution in [0.4, 0.5) is 5.69 Å². The highest BCUT2D eigenvalue weighted by Gasteiger charge is 2.09. The Bertz CT molecular complexity index is 361. The molecular formula is C14H21NO2. The third-order valence-corrected chi connectivity index (χ3v) is 2.69. The van der Waals surface area contributed by atoms with Crippen LogP contribution < -0.4 is 5.32 Å². The average molecular weight is 235 g/mol. The fraction of sp³-hybridized carbons (Fsp3) is 0.500. The maximum Gasteiger partial charge on any atom is 0.224 e. The maximum atomic E-state index is 11.7. The Kier molecular flexibility index (Phi) is 5.70. The number of hydrogen-bond acceptors (Lipinski definition) is 2. The smallest absolute Gasteiger partial charge is 0.224 e. The van der Waals surface area contributed by atoms with E-state index in [1.54, 1.807) is 6.92 Å². The molecule has 1 atom stereocenters. The van der Waals surface area contributed by atoms with Crippen LogP contribution in [0.1, 0.15) is 51.2 Å². The van der Waals surface area contributed by atoms with Crippen LogP contribution in [0.25, 0.3) is 0 Å². The third-order valence-electron chi connectivity index (χ3n) is 2.69. The molecule has 0 aromatic heterocycles. The summed E-state index contributed by atoms with van der Waals surface area (Å²) >= 11 is 0. The van der Waals surface area contributed by atoms with E-state index < -0.39 is 6.10 Å². The summed E-state index contributed by atoms with van der Waals surface area (Å²) in [5, 5.41) is 12.4. The Hall–Kier alpha value is -1.35. The number of amides is 1. The summed E-state index contributed by atoms with van der Waals surface area (Å²) < 4.78 is 0. The zero-order valence-electron chi connectivity index (χ0n) is 10.6. The molecule has 0 saturated carbocycles. The van der Waals surface area contributed by atoms with Crippen LogP contribution in [-0.2, 0) is 4.79 Å². The van der Waals surface area contributed by atoms with Crippen molar-refractivity contribution >= 4 is 11.6 Å². The summed E-state index contributed by atoms with van der Waals surface area (Å²) in [7, 11) is 0. The predicted octanol–water partition coefficient (Wildman–Crippen LogP) is 3.26. The molecule has 0 aliphatic rings. The van der Waals surface area contributed by atoms with E-state index in [9.17, 15) is 9.90 Å². The first-order chi connectivity index (χ1) is 8.15. The average Bonchev–Trinajstić information content (AvgIpc) is 2.29. The fourth-order valence-corrected chi connectivity index (χ4v) is 1.72. The molecule has 1 aromatic rings. The van der Waals surface area contributed by atoms with E-state index in [0.717, 1.165) is 24.8 Å². The largest absolute Gasteiger partial charge is 0.389 e. The summed E-state index contributed by atoms with van der Waals surface area (Å²) in [6.07, 6.45) is 3.08. The second kappa shape index (κ2) is 7.07. The lowest BCUT2D eigenvalue weighted by atomic mass is 10.1. The molecule has 0 aliphatic carbocycles. The van der Waals surface area contributed by atoms with Crippen LogP contribution in [0.15, 0.2) is 24.3 Å². The van der Waals surface area contributed by atoms with E-state index in [4.69, 9.17) is 0 Å². The summed E-state index contributed by atoms with van der Waals surface area (Å²) in [6.45, 7) is 3.81. The van der Waals surface area contributed by atoms with Gasteiger partial charge in [0.15, 0.2) is 0 Å². The van der Waals surface area contributed by atoms with Crippen LogP contribution in [0.3, 0.4) is 0 Å². The number of unbranched alkanes of at least 4 members (excludes halogenated alkanes) is 2. The molecule has 2 N–H and O–H groups in total. The minimum absolute atomic E-state index is 0.0200. The molecule has 1 amide bonds. The summed E-state index contributed by atoms with van der Waals surface area (Å²) in [6, 6.07) is 7.36. The highest BCUT2D eigenvalue weighted by atomic mass is 16.3. The molecule has 0 fully saturated rings. The summed E-state index contributed by atoms with van der Waals surface area (Å²) in [5.74, 6) is 0.0200. The van der Waals surface area contributed by atoms with Gasteiger partial charge in [-0.3, -0.25) is 4.79 Å². The van der Waals surface area contributed by atoms with Crippen LogP contribution in [0.2, 0.25) is 0 Å². The lowest BCUT2D eigenvalue weighted by Crippen LogP contribution is -2.13. The van der Waals surface area contributed by atoms with Crippen molar-refractivity contribution in [2.24, 2.45) is 0 Å². The number of hydrogen-bond donors (Lipinski definition) is 2. The topological polar surface area (TPSA) is 49.3 Å². The third kappa shape index (κ3) is 4.57. The van der Waals surface area contributed by atoms with Gasteiger partial charge < -0.3 is 10.4 Å².